The van der Waals surface area contributed by atoms with Gasteiger partial charge in [-0.05, 0) is 57.8 Å². The molecule has 2 amide bonds. The zero-order valence-corrected chi connectivity index (χ0v) is 15.9. The van der Waals surface area contributed by atoms with Crippen molar-refractivity contribution in [2.24, 2.45) is 5.41 Å². The van der Waals surface area contributed by atoms with Crippen LogP contribution < -0.4 is 20.7 Å². The summed E-state index contributed by atoms with van der Waals surface area (Å²) in [6.45, 7) is 4.47. The Balaban J connectivity index is 1.82. The van der Waals surface area contributed by atoms with E-state index in [0.29, 0.717) is 30.9 Å². The largest absolute Gasteiger partial charge is 0.489 e. The number of rotatable bonds is 0. The van der Waals surface area contributed by atoms with Crippen molar-refractivity contribution in [1.29, 1.82) is 0 Å². The van der Waals surface area contributed by atoms with Crippen LogP contribution in [0.25, 0.3) is 0 Å². The highest BCUT2D eigenvalue weighted by molar-refractivity contribution is 5.97. The Labute approximate surface area is 160 Å². The maximum absolute atomic E-state index is 13.0. The van der Waals surface area contributed by atoms with Crippen LogP contribution in [-0.2, 0) is 4.79 Å². The predicted octanol–water partition coefficient (Wildman–Crippen LogP) is 2.02. The van der Waals surface area contributed by atoms with Gasteiger partial charge in [0.15, 0.2) is 0 Å². The van der Waals surface area contributed by atoms with Gasteiger partial charge >= 0.3 is 0 Å². The van der Waals surface area contributed by atoms with E-state index in [1.165, 1.54) is 0 Å². The molecule has 1 aromatic rings. The molecule has 3 rings (SSSR count). The molecule has 0 saturated carbocycles. The third-order valence-corrected chi connectivity index (χ3v) is 5.36. The van der Waals surface area contributed by atoms with E-state index in [2.05, 4.69) is 16.0 Å². The number of hydrogen-bond donors (Lipinski definition) is 3. The topological polar surface area (TPSA) is 79.5 Å². The van der Waals surface area contributed by atoms with Crippen LogP contribution in [0.4, 0.5) is 0 Å². The molecule has 6 nitrogen and oxygen atoms in total. The molecule has 0 radical (unpaired) electrons. The molecule has 146 valence electrons. The van der Waals surface area contributed by atoms with Crippen LogP contribution in [0, 0.1) is 5.41 Å². The number of ether oxygens (including phenoxy) is 1. The summed E-state index contributed by atoms with van der Waals surface area (Å²) in [7, 11) is 0. The van der Waals surface area contributed by atoms with Gasteiger partial charge < -0.3 is 20.7 Å². The van der Waals surface area contributed by atoms with Gasteiger partial charge in [0.05, 0.1) is 11.0 Å². The summed E-state index contributed by atoms with van der Waals surface area (Å²) in [6.07, 6.45) is 7.34. The molecule has 27 heavy (non-hydrogen) atoms. The number of nitrogens with one attached hydrogen (secondary N) is 3. The molecule has 1 saturated heterocycles. The Bertz CT molecular complexity index is 694. The van der Waals surface area contributed by atoms with E-state index in [4.69, 9.17) is 4.74 Å². The number of allylic oxidation sites excluding steroid dienone is 1. The van der Waals surface area contributed by atoms with E-state index >= 15 is 0 Å². The highest BCUT2D eigenvalue weighted by Gasteiger charge is 2.37. The fourth-order valence-electron chi connectivity index (χ4n) is 3.73. The van der Waals surface area contributed by atoms with Gasteiger partial charge in [-0.1, -0.05) is 24.3 Å². The lowest BCUT2D eigenvalue weighted by Gasteiger charge is -2.31. The summed E-state index contributed by atoms with van der Waals surface area (Å²) in [5.41, 5.74) is 0.110. The zero-order valence-electron chi connectivity index (χ0n) is 15.9. The molecule has 1 spiro atoms. The number of fused-ring (bicyclic) bond motifs is 1. The second-order valence-corrected chi connectivity index (χ2v) is 7.45. The van der Waals surface area contributed by atoms with Crippen LogP contribution in [0.1, 0.15) is 43.0 Å². The first-order valence-corrected chi connectivity index (χ1v) is 9.77. The van der Waals surface area contributed by atoms with Gasteiger partial charge in [0, 0.05) is 12.6 Å². The number of para-hydroxylation sites is 1. The number of benzene rings is 1. The Morgan fingerprint density at radius 1 is 1.11 bits per heavy atom. The first-order valence-electron chi connectivity index (χ1n) is 9.77. The Morgan fingerprint density at radius 3 is 2.85 bits per heavy atom. The second-order valence-electron chi connectivity index (χ2n) is 7.45. The summed E-state index contributed by atoms with van der Waals surface area (Å²) < 4.78 is 5.80. The first-order chi connectivity index (χ1) is 13.1. The third-order valence-electron chi connectivity index (χ3n) is 5.36. The van der Waals surface area contributed by atoms with E-state index in [-0.39, 0.29) is 17.9 Å². The summed E-state index contributed by atoms with van der Waals surface area (Å²) in [4.78, 5) is 25.6. The number of carbonyl (C=O) groups is 2. The van der Waals surface area contributed by atoms with Crippen molar-refractivity contribution < 1.29 is 14.3 Å². The summed E-state index contributed by atoms with van der Waals surface area (Å²) in [6, 6.07) is 7.06. The molecule has 2 aliphatic rings. The SMILES string of the molecule is C[C@H]1CNC(=O)C2(C/C=C/COc3ccccc3C(=O)N1)CCCNCC2. The summed E-state index contributed by atoms with van der Waals surface area (Å²) in [5, 5.41) is 9.41. The number of hydrogen-bond acceptors (Lipinski definition) is 4. The van der Waals surface area contributed by atoms with Crippen molar-refractivity contribution in [3.63, 3.8) is 0 Å². The molecular formula is C21H29N3O3. The van der Waals surface area contributed by atoms with Gasteiger partial charge in [-0.15, -0.1) is 0 Å². The molecule has 2 heterocycles. The summed E-state index contributed by atoms with van der Waals surface area (Å²) in [5.74, 6) is 0.457. The average molecular weight is 371 g/mol. The molecule has 1 aromatic carbocycles. The van der Waals surface area contributed by atoms with Crippen molar-refractivity contribution in [3.05, 3.63) is 42.0 Å². The molecular weight excluding hydrogens is 342 g/mol. The fourth-order valence-corrected chi connectivity index (χ4v) is 3.73. The monoisotopic (exact) mass is 371 g/mol. The molecule has 3 N–H and O–H groups in total. The van der Waals surface area contributed by atoms with Crippen molar-refractivity contribution in [3.8, 4) is 5.75 Å². The number of amides is 2. The van der Waals surface area contributed by atoms with E-state index in [0.717, 1.165) is 32.4 Å². The Morgan fingerprint density at radius 2 is 1.96 bits per heavy atom. The standard InChI is InChI=1S/C21H29N3O3/c1-16-15-23-20(26)21(10-6-12-22-13-11-21)9-4-5-14-27-18-8-3-2-7-17(18)19(25)24-16/h2-5,7-8,16,22H,6,9-15H2,1H3,(H,23,26)(H,24,25)/b5-4+/t16-,21?/m0/s1. The molecule has 0 aromatic heterocycles. The number of carbonyl (C=O) groups excluding carboxylic acids is 2. The normalized spacial score (nSPS) is 28.7. The lowest BCUT2D eigenvalue weighted by molar-refractivity contribution is -0.131. The van der Waals surface area contributed by atoms with E-state index in [1.54, 1.807) is 12.1 Å². The van der Waals surface area contributed by atoms with Crippen LogP contribution in [0.3, 0.4) is 0 Å². The molecule has 1 fully saturated rings. The molecule has 1 unspecified atom stereocenters. The van der Waals surface area contributed by atoms with Crippen molar-refractivity contribution in [1.82, 2.24) is 16.0 Å². The highest BCUT2D eigenvalue weighted by Crippen LogP contribution is 2.34. The van der Waals surface area contributed by atoms with Gasteiger partial charge in [-0.2, -0.15) is 0 Å². The van der Waals surface area contributed by atoms with Crippen LogP contribution in [0.5, 0.6) is 5.75 Å². The van der Waals surface area contributed by atoms with Gasteiger partial charge in [-0.25, -0.2) is 0 Å². The van der Waals surface area contributed by atoms with E-state index in [9.17, 15) is 9.59 Å². The van der Waals surface area contributed by atoms with Crippen LogP contribution in [0.2, 0.25) is 0 Å². The van der Waals surface area contributed by atoms with Crippen molar-refractivity contribution in [2.75, 3.05) is 26.2 Å². The van der Waals surface area contributed by atoms with Crippen molar-refractivity contribution >= 4 is 11.8 Å². The smallest absolute Gasteiger partial charge is 0.255 e. The minimum Gasteiger partial charge on any atom is -0.489 e. The van der Waals surface area contributed by atoms with Crippen LogP contribution in [-0.4, -0.2) is 44.1 Å². The maximum Gasteiger partial charge on any atom is 0.255 e. The highest BCUT2D eigenvalue weighted by atomic mass is 16.5. The van der Waals surface area contributed by atoms with E-state index < -0.39 is 5.41 Å². The van der Waals surface area contributed by atoms with Gasteiger partial charge in [0.2, 0.25) is 5.91 Å². The zero-order chi connectivity index (χ0) is 19.1. The lowest BCUT2D eigenvalue weighted by atomic mass is 9.76. The second kappa shape index (κ2) is 9.04. The molecule has 2 aliphatic heterocycles. The van der Waals surface area contributed by atoms with Gasteiger partial charge in [0.1, 0.15) is 12.4 Å². The molecule has 0 aliphatic carbocycles. The fraction of sp³-hybridized carbons (Fsp3) is 0.524. The van der Waals surface area contributed by atoms with Crippen molar-refractivity contribution in [2.45, 2.75) is 38.6 Å². The predicted molar refractivity (Wildman–Crippen MR) is 105 cm³/mol. The van der Waals surface area contributed by atoms with Gasteiger partial charge in [0.25, 0.3) is 5.91 Å². The quantitative estimate of drug-likeness (QED) is 0.610. The Hall–Kier alpha value is -2.34. The maximum atomic E-state index is 13.0. The average Bonchev–Trinajstić information content (AvgIpc) is 2.92. The minimum absolute atomic E-state index is 0.0790. The third kappa shape index (κ3) is 4.89. The minimum atomic E-state index is -0.397. The Kier molecular flexibility index (Phi) is 6.50. The molecule has 0 bridgehead atoms. The molecule has 6 heteroatoms. The first kappa shape index (κ1) is 19.4. The van der Waals surface area contributed by atoms with E-state index in [1.807, 2.05) is 31.2 Å². The van der Waals surface area contributed by atoms with Crippen LogP contribution >= 0.6 is 0 Å². The lowest BCUT2D eigenvalue weighted by Crippen LogP contribution is -2.47. The summed E-state index contributed by atoms with van der Waals surface area (Å²) >= 11 is 0. The van der Waals surface area contributed by atoms with Gasteiger partial charge in [-0.3, -0.25) is 9.59 Å². The van der Waals surface area contributed by atoms with Crippen LogP contribution in [0.15, 0.2) is 36.4 Å². The molecule has 2 atom stereocenters.